The van der Waals surface area contributed by atoms with Crippen molar-refractivity contribution in [2.75, 3.05) is 36.4 Å². The van der Waals surface area contributed by atoms with Crippen LogP contribution in [0.1, 0.15) is 116 Å². The number of hydrogen-bond donors (Lipinski definition) is 2. The monoisotopic (exact) mass is 640 g/mol. The molecule has 4 aliphatic rings. The third-order valence-electron chi connectivity index (χ3n) is 9.59. The first-order valence-corrected chi connectivity index (χ1v) is 18.0. The Kier molecular flexibility index (Phi) is 11.5. The average Bonchev–Trinajstić information content (AvgIpc) is 3.05. The van der Waals surface area contributed by atoms with Crippen LogP contribution >= 0.6 is 0 Å². The van der Waals surface area contributed by atoms with Gasteiger partial charge in [-0.05, 0) is 86.8 Å². The maximum atomic E-state index is 14.2. The molecule has 0 saturated carbocycles. The molecule has 2 aliphatic heterocycles. The molecule has 2 amide bonds. The predicted molar refractivity (Wildman–Crippen MR) is 191 cm³/mol. The second kappa shape index (κ2) is 15.8. The average molecular weight is 641 g/mol. The number of carbonyl (C=O) groups excluding carboxylic acids is 3. The number of amides is 2. The van der Waals surface area contributed by atoms with Gasteiger partial charge in [0.2, 0.25) is 17.6 Å². The second-order valence-corrected chi connectivity index (χ2v) is 13.2. The van der Waals surface area contributed by atoms with Crippen LogP contribution in [0.15, 0.2) is 57.5 Å². The highest BCUT2D eigenvalue weighted by molar-refractivity contribution is 6.42. The highest BCUT2D eigenvalue weighted by Crippen LogP contribution is 2.45. The van der Waals surface area contributed by atoms with Gasteiger partial charge in [-0.25, -0.2) is 4.99 Å². The zero-order valence-electron chi connectivity index (χ0n) is 28.8. The maximum absolute atomic E-state index is 14.2. The molecule has 0 bridgehead atoms. The lowest BCUT2D eigenvalue weighted by molar-refractivity contribution is -0.118. The number of aliphatic imine (C=N–C) groups is 1. The topological polar surface area (TPSA) is 102 Å². The van der Waals surface area contributed by atoms with Gasteiger partial charge in [-0.2, -0.15) is 0 Å². The summed E-state index contributed by atoms with van der Waals surface area (Å²) in [5.41, 5.74) is 6.85. The number of hydrogen-bond acceptors (Lipinski definition) is 6. The third-order valence-corrected chi connectivity index (χ3v) is 9.59. The van der Waals surface area contributed by atoms with E-state index in [2.05, 4.69) is 34.0 Å². The number of carbonyl (C=O) groups is 3. The van der Waals surface area contributed by atoms with Crippen molar-refractivity contribution in [2.45, 2.75) is 111 Å². The fraction of sp³-hybridized carbons (Fsp3) is 0.538. The summed E-state index contributed by atoms with van der Waals surface area (Å²) < 4.78 is 0. The summed E-state index contributed by atoms with van der Waals surface area (Å²) in [6.07, 6.45) is 15.3. The van der Waals surface area contributed by atoms with Gasteiger partial charge in [-0.1, -0.05) is 47.0 Å². The molecule has 0 aromatic heterocycles. The number of anilines is 2. The normalized spacial score (nSPS) is 20.1. The molecule has 8 heteroatoms. The summed E-state index contributed by atoms with van der Waals surface area (Å²) in [5.74, 6) is -0.743. The van der Waals surface area contributed by atoms with Crippen LogP contribution in [0, 0.1) is 0 Å². The number of likely N-dealkylation sites (tertiary alicyclic amines) is 1. The van der Waals surface area contributed by atoms with Crippen molar-refractivity contribution in [3.63, 3.8) is 0 Å². The van der Waals surface area contributed by atoms with Gasteiger partial charge in [-0.15, -0.1) is 0 Å². The highest BCUT2D eigenvalue weighted by atomic mass is 16.3. The minimum atomic E-state index is -0.290. The van der Waals surface area contributed by atoms with Crippen molar-refractivity contribution in [2.24, 2.45) is 4.99 Å². The largest absolute Gasteiger partial charge is 0.506 e. The number of piperidine rings is 1. The van der Waals surface area contributed by atoms with E-state index in [1.807, 2.05) is 38.1 Å². The summed E-state index contributed by atoms with van der Waals surface area (Å²) >= 11 is 0. The van der Waals surface area contributed by atoms with Crippen LogP contribution in [0.3, 0.4) is 0 Å². The summed E-state index contributed by atoms with van der Waals surface area (Å²) in [7, 11) is 0. The lowest BCUT2D eigenvalue weighted by Gasteiger charge is -2.36. The van der Waals surface area contributed by atoms with Crippen molar-refractivity contribution < 1.29 is 19.5 Å². The van der Waals surface area contributed by atoms with E-state index >= 15 is 0 Å². The molecule has 5 rings (SSSR count). The van der Waals surface area contributed by atoms with E-state index < -0.39 is 0 Å². The van der Waals surface area contributed by atoms with Gasteiger partial charge in [0.1, 0.15) is 5.76 Å². The quantitative estimate of drug-likeness (QED) is 0.167. The number of rotatable bonds is 13. The van der Waals surface area contributed by atoms with Crippen LogP contribution in [0.4, 0.5) is 11.4 Å². The van der Waals surface area contributed by atoms with E-state index in [0.717, 1.165) is 106 Å². The molecule has 2 aliphatic carbocycles. The van der Waals surface area contributed by atoms with E-state index in [0.29, 0.717) is 48.2 Å². The molecule has 0 radical (unpaired) electrons. The Bertz CT molecular complexity index is 1560. The van der Waals surface area contributed by atoms with Crippen LogP contribution < -0.4 is 10.2 Å². The Balaban J connectivity index is 1.60. The third kappa shape index (κ3) is 7.47. The van der Waals surface area contributed by atoms with E-state index in [1.54, 1.807) is 0 Å². The van der Waals surface area contributed by atoms with Crippen molar-refractivity contribution >= 4 is 40.3 Å². The minimum Gasteiger partial charge on any atom is -0.506 e. The molecule has 8 nitrogen and oxygen atoms in total. The summed E-state index contributed by atoms with van der Waals surface area (Å²) in [6, 6.07) is 3.99. The van der Waals surface area contributed by atoms with Crippen LogP contribution in [-0.2, 0) is 20.8 Å². The Morgan fingerprint density at radius 1 is 0.851 bits per heavy atom. The number of unbranched alkanes of at least 4 members (excludes halogenated alkanes) is 3. The fourth-order valence-corrected chi connectivity index (χ4v) is 7.12. The summed E-state index contributed by atoms with van der Waals surface area (Å²) in [6.45, 7) is 12.1. The first-order valence-electron chi connectivity index (χ1n) is 18.0. The van der Waals surface area contributed by atoms with Crippen LogP contribution in [0.25, 0.3) is 5.57 Å². The number of aryl methyl sites for hydroxylation is 1. The van der Waals surface area contributed by atoms with Crippen molar-refractivity contribution in [3.05, 3.63) is 63.6 Å². The van der Waals surface area contributed by atoms with Gasteiger partial charge in [0.15, 0.2) is 0 Å². The maximum Gasteiger partial charge on any atom is 0.246 e. The van der Waals surface area contributed by atoms with E-state index in [-0.39, 0.29) is 34.5 Å². The zero-order valence-corrected chi connectivity index (χ0v) is 28.8. The predicted octanol–water partition coefficient (Wildman–Crippen LogP) is 8.00. The molecule has 252 valence electrons. The molecule has 0 spiro atoms. The number of nitrogens with zero attached hydrogens (tertiary/aromatic N) is 3. The van der Waals surface area contributed by atoms with E-state index in [9.17, 15) is 19.5 Å². The number of benzene rings is 1. The molecule has 1 saturated heterocycles. The van der Waals surface area contributed by atoms with Crippen LogP contribution in [-0.4, -0.2) is 59.5 Å². The first-order chi connectivity index (χ1) is 22.8. The van der Waals surface area contributed by atoms with Gasteiger partial charge in [0.25, 0.3) is 0 Å². The molecule has 2 heterocycles. The number of Topliss-reactive ketones (excluding diaryl/α,β-unsaturated/α-hetero) is 1. The number of aliphatic hydroxyl groups is 1. The molecule has 1 aromatic carbocycles. The zero-order chi connectivity index (χ0) is 33.5. The Morgan fingerprint density at radius 2 is 1.57 bits per heavy atom. The number of fused-ring (bicyclic) bond motifs is 2. The molecular weight excluding hydrogens is 588 g/mol. The Hall–Kier alpha value is -3.94. The Morgan fingerprint density at radius 3 is 2.30 bits per heavy atom. The number of allylic oxidation sites excluding steroid dienone is 6. The van der Waals surface area contributed by atoms with Crippen molar-refractivity contribution in [1.82, 2.24) is 4.90 Å². The first kappa shape index (κ1) is 34.4. The number of ketones is 1. The lowest BCUT2D eigenvalue weighted by Crippen LogP contribution is -2.34. The molecule has 0 atom stereocenters. The SMILES string of the molecule is CCCCCN1CCCC2=C/C(=C3/C(=O)C(c4cc5c(cc4NC(=O)CCC)N(CCCC)CCC5)=C3O)C(=NC(=O)CCC)C=C21. The van der Waals surface area contributed by atoms with Gasteiger partial charge >= 0.3 is 0 Å². The molecule has 2 N–H and O–H groups in total. The van der Waals surface area contributed by atoms with Crippen molar-refractivity contribution in [1.29, 1.82) is 0 Å². The van der Waals surface area contributed by atoms with E-state index in [4.69, 9.17) is 0 Å². The number of nitrogens with one attached hydrogen (secondary N) is 1. The standard InChI is InChI=1S/C39H52N4O4/c1-5-9-11-19-43-21-13-17-27-23-29(31(25-33(27)43)41-35(45)15-8-4)37-38(46)36(39(37)47)28-22-26-16-12-20-42(18-10-6-2)32(26)24-30(28)40-34(44)14-7-3/h22-25,46H,5-21H2,1-4H3,(H,40,44)/b37-29-,41-31?. The molecule has 47 heavy (non-hydrogen) atoms. The summed E-state index contributed by atoms with van der Waals surface area (Å²) in [4.78, 5) is 49.1. The minimum absolute atomic E-state index is 0.102. The fourth-order valence-electron chi connectivity index (χ4n) is 7.12. The van der Waals surface area contributed by atoms with Crippen LogP contribution in [0.5, 0.6) is 0 Å². The molecule has 0 unspecified atom stereocenters. The Labute approximate surface area is 280 Å². The second-order valence-electron chi connectivity index (χ2n) is 13.2. The highest BCUT2D eigenvalue weighted by Gasteiger charge is 2.41. The van der Waals surface area contributed by atoms with E-state index in [1.165, 1.54) is 0 Å². The van der Waals surface area contributed by atoms with Gasteiger partial charge in [0, 0.05) is 61.5 Å². The molecular formula is C39H52N4O4. The molecule has 1 aromatic rings. The lowest BCUT2D eigenvalue weighted by atomic mass is 9.76. The van der Waals surface area contributed by atoms with Gasteiger partial charge in [-0.3, -0.25) is 14.4 Å². The van der Waals surface area contributed by atoms with Gasteiger partial charge in [0.05, 0.1) is 22.5 Å². The smallest absolute Gasteiger partial charge is 0.246 e. The number of aliphatic hydroxyl groups excluding tert-OH is 1. The summed E-state index contributed by atoms with van der Waals surface area (Å²) in [5, 5.41) is 14.8. The molecule has 1 fully saturated rings. The van der Waals surface area contributed by atoms with Crippen molar-refractivity contribution in [3.8, 4) is 0 Å². The van der Waals surface area contributed by atoms with Gasteiger partial charge < -0.3 is 20.2 Å². The van der Waals surface area contributed by atoms with Crippen LogP contribution in [0.2, 0.25) is 0 Å².